The highest BCUT2D eigenvalue weighted by atomic mass is 16.5. The van der Waals surface area contributed by atoms with Crippen LogP contribution < -0.4 is 15.8 Å². The molecule has 2 aromatic heterocycles. The number of nitrogens with zero attached hydrogens (tertiary/aromatic N) is 3. The highest BCUT2D eigenvalue weighted by Crippen LogP contribution is 2.34. The number of ether oxygens (including phenoxy) is 1. The second-order valence-electron chi connectivity index (χ2n) is 7.01. The molecule has 1 aromatic carbocycles. The smallest absolute Gasteiger partial charge is 0.229 e. The molecule has 27 heavy (non-hydrogen) atoms. The Balaban J connectivity index is 1.53. The zero-order valence-corrected chi connectivity index (χ0v) is 15.4. The van der Waals surface area contributed by atoms with Crippen molar-refractivity contribution in [1.82, 2.24) is 19.9 Å². The van der Waals surface area contributed by atoms with E-state index in [1.54, 1.807) is 6.33 Å². The van der Waals surface area contributed by atoms with Gasteiger partial charge in [0.05, 0.1) is 18.6 Å². The van der Waals surface area contributed by atoms with Crippen LogP contribution in [-0.2, 0) is 0 Å². The van der Waals surface area contributed by atoms with Crippen LogP contribution >= 0.6 is 0 Å². The second kappa shape index (κ2) is 8.35. The first-order valence-electron chi connectivity index (χ1n) is 9.74. The molecule has 1 aliphatic carbocycles. The summed E-state index contributed by atoms with van der Waals surface area (Å²) in [5.41, 5.74) is 9.18. The van der Waals surface area contributed by atoms with Crippen molar-refractivity contribution < 1.29 is 4.74 Å². The first-order valence-corrected chi connectivity index (χ1v) is 9.74. The van der Waals surface area contributed by atoms with Crippen LogP contribution in [0.4, 0.5) is 11.6 Å². The molecule has 0 unspecified atom stereocenters. The number of nitrogens with two attached hydrogens (primary N) is 1. The van der Waals surface area contributed by atoms with Crippen LogP contribution in [0.3, 0.4) is 0 Å². The number of rotatable bonds is 7. The van der Waals surface area contributed by atoms with E-state index in [-0.39, 0.29) is 0 Å². The third-order valence-electron chi connectivity index (χ3n) is 5.03. The molecular formula is C20H26N6O. The van der Waals surface area contributed by atoms with Crippen molar-refractivity contribution in [3.05, 3.63) is 36.3 Å². The quantitative estimate of drug-likeness (QED) is 0.549. The molecule has 1 saturated carbocycles. The van der Waals surface area contributed by atoms with Gasteiger partial charge in [-0.3, -0.25) is 0 Å². The fraction of sp³-hybridized carbons (Fsp3) is 0.450. The number of imidazole rings is 1. The lowest BCUT2D eigenvalue weighted by Gasteiger charge is -2.21. The molecule has 4 N–H and O–H groups in total. The van der Waals surface area contributed by atoms with Crippen molar-refractivity contribution in [3.8, 4) is 5.75 Å². The van der Waals surface area contributed by atoms with Crippen LogP contribution in [0.25, 0.3) is 11.2 Å². The van der Waals surface area contributed by atoms with Gasteiger partial charge in [-0.1, -0.05) is 19.3 Å². The van der Waals surface area contributed by atoms with E-state index in [1.807, 2.05) is 24.3 Å². The summed E-state index contributed by atoms with van der Waals surface area (Å²) in [4.78, 5) is 17.0. The molecule has 0 saturated heterocycles. The highest BCUT2D eigenvalue weighted by Gasteiger charge is 2.21. The van der Waals surface area contributed by atoms with Crippen LogP contribution in [0.1, 0.15) is 50.1 Å². The van der Waals surface area contributed by atoms with Gasteiger partial charge >= 0.3 is 0 Å². The number of nitrogens with one attached hydrogen (secondary N) is 2. The third-order valence-corrected chi connectivity index (χ3v) is 5.03. The van der Waals surface area contributed by atoms with Crippen LogP contribution in [0.15, 0.2) is 30.6 Å². The van der Waals surface area contributed by atoms with Gasteiger partial charge in [0.1, 0.15) is 11.3 Å². The number of hydrogen-bond acceptors (Lipinski definition) is 6. The number of H-pyrrole nitrogens is 1. The summed E-state index contributed by atoms with van der Waals surface area (Å²) in [6.45, 7) is 1.27. The summed E-state index contributed by atoms with van der Waals surface area (Å²) < 4.78 is 5.64. The van der Waals surface area contributed by atoms with E-state index in [2.05, 4.69) is 20.3 Å². The van der Waals surface area contributed by atoms with Gasteiger partial charge in [0.2, 0.25) is 5.95 Å². The van der Waals surface area contributed by atoms with Gasteiger partial charge in [-0.2, -0.15) is 4.98 Å². The molecule has 7 heteroatoms. The molecule has 0 radical (unpaired) electrons. The van der Waals surface area contributed by atoms with Crippen molar-refractivity contribution in [1.29, 1.82) is 0 Å². The van der Waals surface area contributed by atoms with E-state index < -0.39 is 0 Å². The average molecular weight is 366 g/mol. The maximum Gasteiger partial charge on any atom is 0.229 e. The molecule has 0 atom stereocenters. The van der Waals surface area contributed by atoms with Crippen LogP contribution in [0.2, 0.25) is 0 Å². The SMILES string of the molecule is NCCCOc1ccc(Nc2nc(C3CCCCC3)c3[nH]cnc3n2)cc1. The molecule has 1 fully saturated rings. The Morgan fingerprint density at radius 1 is 1.11 bits per heavy atom. The Hall–Kier alpha value is -2.67. The van der Waals surface area contributed by atoms with Crippen molar-refractivity contribution in [2.45, 2.75) is 44.4 Å². The summed E-state index contributed by atoms with van der Waals surface area (Å²) in [6, 6.07) is 7.81. The molecule has 142 valence electrons. The first-order chi connectivity index (χ1) is 13.3. The number of benzene rings is 1. The van der Waals surface area contributed by atoms with Gasteiger partial charge in [-0.05, 0) is 50.1 Å². The lowest BCUT2D eigenvalue weighted by atomic mass is 9.86. The first kappa shape index (κ1) is 17.7. The molecule has 0 bridgehead atoms. The molecule has 2 heterocycles. The van der Waals surface area contributed by atoms with Gasteiger partial charge in [0.15, 0.2) is 5.65 Å². The number of hydrogen-bond donors (Lipinski definition) is 3. The van der Waals surface area contributed by atoms with E-state index in [1.165, 1.54) is 32.1 Å². The fourth-order valence-electron chi connectivity index (χ4n) is 3.62. The Kier molecular flexibility index (Phi) is 5.48. The zero-order chi connectivity index (χ0) is 18.5. The van der Waals surface area contributed by atoms with Crippen molar-refractivity contribution in [3.63, 3.8) is 0 Å². The highest BCUT2D eigenvalue weighted by molar-refractivity contribution is 5.75. The number of aromatic nitrogens is 4. The van der Waals surface area contributed by atoms with Gasteiger partial charge in [-0.25, -0.2) is 9.97 Å². The Morgan fingerprint density at radius 2 is 1.93 bits per heavy atom. The number of aromatic amines is 1. The summed E-state index contributed by atoms with van der Waals surface area (Å²) in [5, 5.41) is 3.31. The lowest BCUT2D eigenvalue weighted by molar-refractivity contribution is 0.313. The van der Waals surface area contributed by atoms with Crippen molar-refractivity contribution >= 4 is 22.8 Å². The van der Waals surface area contributed by atoms with Crippen molar-refractivity contribution in [2.75, 3.05) is 18.5 Å². The summed E-state index contributed by atoms with van der Waals surface area (Å²) in [5.74, 6) is 1.90. The average Bonchev–Trinajstić information content (AvgIpc) is 3.18. The van der Waals surface area contributed by atoms with Gasteiger partial charge in [-0.15, -0.1) is 0 Å². The van der Waals surface area contributed by atoms with Crippen LogP contribution in [0.5, 0.6) is 5.75 Å². The number of fused-ring (bicyclic) bond motifs is 1. The summed E-state index contributed by atoms with van der Waals surface area (Å²) in [6.07, 6.45) is 8.75. The minimum atomic E-state index is 0.476. The normalized spacial score (nSPS) is 15.1. The Morgan fingerprint density at radius 3 is 2.70 bits per heavy atom. The largest absolute Gasteiger partial charge is 0.494 e. The number of anilines is 2. The fourth-order valence-corrected chi connectivity index (χ4v) is 3.62. The maximum absolute atomic E-state index is 5.64. The third kappa shape index (κ3) is 4.19. The van der Waals surface area contributed by atoms with Gasteiger partial charge < -0.3 is 20.8 Å². The minimum Gasteiger partial charge on any atom is -0.494 e. The molecule has 4 rings (SSSR count). The van der Waals surface area contributed by atoms with Crippen LogP contribution in [-0.4, -0.2) is 33.1 Å². The molecule has 7 nitrogen and oxygen atoms in total. The summed E-state index contributed by atoms with van der Waals surface area (Å²) in [7, 11) is 0. The van der Waals surface area contributed by atoms with E-state index in [0.717, 1.165) is 34.7 Å². The topological polar surface area (TPSA) is 102 Å². The maximum atomic E-state index is 5.64. The van der Waals surface area contributed by atoms with E-state index in [4.69, 9.17) is 15.5 Å². The molecule has 1 aliphatic rings. The molecule has 0 amide bonds. The minimum absolute atomic E-state index is 0.476. The molecule has 0 aliphatic heterocycles. The molecule has 3 aromatic rings. The second-order valence-corrected chi connectivity index (χ2v) is 7.01. The zero-order valence-electron chi connectivity index (χ0n) is 15.4. The predicted octanol–water partition coefficient (Wildman–Crippen LogP) is 3.87. The van der Waals surface area contributed by atoms with E-state index in [0.29, 0.717) is 25.0 Å². The molecular weight excluding hydrogens is 340 g/mol. The lowest BCUT2D eigenvalue weighted by Crippen LogP contribution is -2.10. The van der Waals surface area contributed by atoms with E-state index in [9.17, 15) is 0 Å². The monoisotopic (exact) mass is 366 g/mol. The Labute approximate surface area is 158 Å². The van der Waals surface area contributed by atoms with Gasteiger partial charge in [0.25, 0.3) is 0 Å². The summed E-state index contributed by atoms with van der Waals surface area (Å²) >= 11 is 0. The van der Waals surface area contributed by atoms with Crippen LogP contribution in [0, 0.1) is 0 Å². The van der Waals surface area contributed by atoms with Crippen molar-refractivity contribution in [2.24, 2.45) is 5.73 Å². The predicted molar refractivity (Wildman–Crippen MR) is 106 cm³/mol. The standard InChI is InChI=1S/C20H26N6O/c21-11-4-12-27-16-9-7-15(8-10-16)24-20-25-17(14-5-2-1-3-6-14)18-19(26-20)23-13-22-18/h7-10,13-14H,1-6,11-12,21H2,(H2,22,23,24,25,26). The van der Waals surface area contributed by atoms with Gasteiger partial charge in [0, 0.05) is 11.6 Å². The van der Waals surface area contributed by atoms with E-state index >= 15 is 0 Å². The Bertz CT molecular complexity index is 870. The molecule has 0 spiro atoms.